The minimum Gasteiger partial charge on any atom is -0.378 e. The molecule has 1 aliphatic rings. The van der Waals surface area contributed by atoms with Gasteiger partial charge >= 0.3 is 0 Å². The van der Waals surface area contributed by atoms with Crippen LogP contribution in [0.1, 0.15) is 17.9 Å². The average Bonchev–Trinajstić information content (AvgIpc) is 2.98. The molecule has 0 amide bonds. The molecule has 3 nitrogen and oxygen atoms in total. The summed E-state index contributed by atoms with van der Waals surface area (Å²) in [7, 11) is 4.04. The Labute approximate surface area is 89.4 Å². The van der Waals surface area contributed by atoms with E-state index in [1.807, 2.05) is 14.1 Å². The molecule has 15 heavy (non-hydrogen) atoms. The van der Waals surface area contributed by atoms with Gasteiger partial charge in [0.15, 0.2) is 0 Å². The lowest BCUT2D eigenvalue weighted by atomic mass is 10.1. The van der Waals surface area contributed by atoms with Crippen molar-refractivity contribution in [2.24, 2.45) is 4.99 Å². The number of benzene rings is 1. The fourth-order valence-corrected chi connectivity index (χ4v) is 1.77. The van der Waals surface area contributed by atoms with Crippen molar-refractivity contribution in [2.45, 2.75) is 18.4 Å². The molecule has 0 saturated heterocycles. The number of anilines is 1. The summed E-state index contributed by atoms with van der Waals surface area (Å²) < 4.78 is 0. The molecule has 0 N–H and O–H groups in total. The lowest BCUT2D eigenvalue weighted by Crippen LogP contribution is -2.08. The van der Waals surface area contributed by atoms with Crippen molar-refractivity contribution in [3.63, 3.8) is 0 Å². The van der Waals surface area contributed by atoms with Gasteiger partial charge in [0.25, 0.3) is 0 Å². The Kier molecular flexibility index (Phi) is 2.57. The minimum absolute atomic E-state index is 0.174. The van der Waals surface area contributed by atoms with Gasteiger partial charge in [0.05, 0.1) is 6.04 Å². The molecule has 2 unspecified atom stereocenters. The zero-order valence-electron chi connectivity index (χ0n) is 8.97. The summed E-state index contributed by atoms with van der Waals surface area (Å²) in [5.74, 6) is 0.433. The lowest BCUT2D eigenvalue weighted by Gasteiger charge is -2.12. The smallest absolute Gasteiger partial charge is 0.235 e. The van der Waals surface area contributed by atoms with Gasteiger partial charge in [-0.25, -0.2) is 9.79 Å². The molecule has 1 fully saturated rings. The number of carbonyl (C=O) groups excluding carboxylic acids is 1. The van der Waals surface area contributed by atoms with Crippen LogP contribution in [0.15, 0.2) is 29.3 Å². The molecule has 0 bridgehead atoms. The van der Waals surface area contributed by atoms with E-state index in [9.17, 15) is 4.79 Å². The van der Waals surface area contributed by atoms with Crippen LogP contribution in [0.2, 0.25) is 0 Å². The number of hydrogen-bond acceptors (Lipinski definition) is 3. The van der Waals surface area contributed by atoms with Crippen molar-refractivity contribution >= 4 is 11.8 Å². The third kappa shape index (κ3) is 2.08. The van der Waals surface area contributed by atoms with E-state index in [0.717, 1.165) is 6.42 Å². The van der Waals surface area contributed by atoms with Crippen LogP contribution in [0, 0.1) is 0 Å². The summed E-state index contributed by atoms with van der Waals surface area (Å²) in [4.78, 5) is 15.9. The zero-order valence-corrected chi connectivity index (χ0v) is 8.97. The molecule has 0 aromatic heterocycles. The number of hydrogen-bond donors (Lipinski definition) is 0. The molecule has 0 aliphatic heterocycles. The topological polar surface area (TPSA) is 32.7 Å². The van der Waals surface area contributed by atoms with E-state index >= 15 is 0 Å². The molecule has 78 valence electrons. The molecule has 1 saturated carbocycles. The van der Waals surface area contributed by atoms with E-state index < -0.39 is 0 Å². The van der Waals surface area contributed by atoms with Crippen molar-refractivity contribution in [2.75, 3.05) is 19.0 Å². The highest BCUT2D eigenvalue weighted by atomic mass is 16.1. The number of rotatable bonds is 3. The van der Waals surface area contributed by atoms with Gasteiger partial charge in [0, 0.05) is 25.7 Å². The van der Waals surface area contributed by atoms with E-state index in [0.29, 0.717) is 5.92 Å². The first kappa shape index (κ1) is 9.94. The zero-order chi connectivity index (χ0) is 10.8. The quantitative estimate of drug-likeness (QED) is 0.554. The van der Waals surface area contributed by atoms with Crippen LogP contribution in [-0.4, -0.2) is 26.2 Å². The first-order valence-electron chi connectivity index (χ1n) is 5.06. The Bertz CT molecular complexity index is 391. The van der Waals surface area contributed by atoms with Gasteiger partial charge < -0.3 is 4.90 Å². The largest absolute Gasteiger partial charge is 0.378 e. The third-order valence-corrected chi connectivity index (χ3v) is 2.81. The summed E-state index contributed by atoms with van der Waals surface area (Å²) >= 11 is 0. The maximum Gasteiger partial charge on any atom is 0.235 e. The Hall–Kier alpha value is -1.60. The average molecular weight is 202 g/mol. The standard InChI is InChI=1S/C12H14N2O/c1-14(2)10-5-3-9(4-6-10)11-7-12(11)13-8-15/h3-6,11-12H,7H2,1-2H3. The first-order chi connectivity index (χ1) is 7.22. The van der Waals surface area contributed by atoms with Crippen LogP contribution >= 0.6 is 0 Å². The van der Waals surface area contributed by atoms with Crippen LogP contribution in [0.3, 0.4) is 0 Å². The predicted octanol–water partition coefficient (Wildman–Crippen LogP) is 1.94. The molecule has 3 heteroatoms. The van der Waals surface area contributed by atoms with E-state index in [1.54, 1.807) is 6.08 Å². The first-order valence-corrected chi connectivity index (χ1v) is 5.06. The Morgan fingerprint density at radius 2 is 2.00 bits per heavy atom. The van der Waals surface area contributed by atoms with Crippen LogP contribution < -0.4 is 4.90 Å². The summed E-state index contributed by atoms with van der Waals surface area (Å²) in [6.45, 7) is 0. The maximum atomic E-state index is 10.1. The van der Waals surface area contributed by atoms with Gasteiger partial charge in [-0.15, -0.1) is 0 Å². The highest BCUT2D eigenvalue weighted by molar-refractivity contribution is 5.48. The molecule has 2 atom stereocenters. The van der Waals surface area contributed by atoms with Crippen LogP contribution in [0.5, 0.6) is 0 Å². The second-order valence-corrected chi connectivity index (χ2v) is 4.12. The van der Waals surface area contributed by atoms with Gasteiger partial charge in [-0.3, -0.25) is 0 Å². The third-order valence-electron chi connectivity index (χ3n) is 2.81. The summed E-state index contributed by atoms with van der Waals surface area (Å²) in [5.41, 5.74) is 2.46. The highest BCUT2D eigenvalue weighted by Gasteiger charge is 2.38. The Balaban J connectivity index is 2.09. The van der Waals surface area contributed by atoms with Crippen molar-refractivity contribution in [3.05, 3.63) is 29.8 Å². The lowest BCUT2D eigenvalue weighted by molar-refractivity contribution is 0.562. The SMILES string of the molecule is CN(C)c1ccc(C2CC2N=C=O)cc1. The minimum atomic E-state index is 0.174. The molecule has 1 aromatic carbocycles. The molecular weight excluding hydrogens is 188 g/mol. The van der Waals surface area contributed by atoms with Crippen molar-refractivity contribution < 1.29 is 4.79 Å². The maximum absolute atomic E-state index is 10.1. The van der Waals surface area contributed by atoms with E-state index in [2.05, 4.69) is 34.2 Å². The van der Waals surface area contributed by atoms with Gasteiger partial charge in [0.2, 0.25) is 6.08 Å². The summed E-state index contributed by atoms with van der Waals surface area (Å²) in [6.07, 6.45) is 2.61. The van der Waals surface area contributed by atoms with E-state index in [1.165, 1.54) is 11.3 Å². The summed E-state index contributed by atoms with van der Waals surface area (Å²) in [6, 6.07) is 8.58. The normalized spacial score (nSPS) is 23.1. The highest BCUT2D eigenvalue weighted by Crippen LogP contribution is 2.43. The van der Waals surface area contributed by atoms with Gasteiger partial charge in [-0.2, -0.15) is 0 Å². The predicted molar refractivity (Wildman–Crippen MR) is 60.0 cm³/mol. The van der Waals surface area contributed by atoms with Crippen molar-refractivity contribution in [3.8, 4) is 0 Å². The Morgan fingerprint density at radius 1 is 1.33 bits per heavy atom. The molecule has 1 aromatic rings. The number of aliphatic imine (C=N–C) groups is 1. The van der Waals surface area contributed by atoms with E-state index in [4.69, 9.17) is 0 Å². The fraction of sp³-hybridized carbons (Fsp3) is 0.417. The molecule has 0 spiro atoms. The molecule has 2 rings (SSSR count). The second-order valence-electron chi connectivity index (χ2n) is 4.12. The molecule has 0 radical (unpaired) electrons. The van der Waals surface area contributed by atoms with Crippen molar-refractivity contribution in [1.82, 2.24) is 0 Å². The fourth-order valence-electron chi connectivity index (χ4n) is 1.77. The molecule has 0 heterocycles. The van der Waals surface area contributed by atoms with Gasteiger partial charge in [-0.05, 0) is 24.1 Å². The van der Waals surface area contributed by atoms with Crippen molar-refractivity contribution in [1.29, 1.82) is 0 Å². The van der Waals surface area contributed by atoms with Crippen LogP contribution in [0.4, 0.5) is 5.69 Å². The van der Waals surface area contributed by atoms with Gasteiger partial charge in [-0.1, -0.05) is 12.1 Å². The number of nitrogens with zero attached hydrogens (tertiary/aromatic N) is 2. The van der Waals surface area contributed by atoms with Crippen LogP contribution in [0.25, 0.3) is 0 Å². The van der Waals surface area contributed by atoms with Crippen LogP contribution in [-0.2, 0) is 4.79 Å². The molecular formula is C12H14N2O. The summed E-state index contributed by atoms with van der Waals surface area (Å²) in [5, 5.41) is 0. The van der Waals surface area contributed by atoms with E-state index in [-0.39, 0.29) is 6.04 Å². The number of isocyanates is 1. The van der Waals surface area contributed by atoms with Gasteiger partial charge in [0.1, 0.15) is 0 Å². The Morgan fingerprint density at radius 3 is 2.53 bits per heavy atom. The molecule has 1 aliphatic carbocycles. The second kappa shape index (κ2) is 3.87. The monoisotopic (exact) mass is 202 g/mol.